The van der Waals surface area contributed by atoms with Crippen LogP contribution in [0.3, 0.4) is 0 Å². The Hall–Kier alpha value is -2.70. The molecule has 6 N–H and O–H groups in total. The molecule has 2 aromatic rings. The standard InChI is InChI=1S/C34H48N2O15S2/c1-5-22(10-6-14-32(2,46-39)47-40)18-35-28(24-12-8-16-52-24)26-27(30(35)37)29(25-13-9-17-53-25)36(31(26)38)19-23(11-7-15-33(3,48-41)49-42)20-45-21-34(4,50-43)51-44/h8-9,12-13,16-17,22-23,39-44H,5-7,10-11,14-15,18-21H2,1-4H3. The topological polar surface area (TPSA) is 227 Å². The van der Waals surface area contributed by atoms with Crippen LogP contribution in [0.1, 0.15) is 82.4 Å². The quantitative estimate of drug-likeness (QED) is 0.0349. The highest BCUT2D eigenvalue weighted by Gasteiger charge is 2.50. The van der Waals surface area contributed by atoms with E-state index in [1.165, 1.54) is 43.4 Å². The minimum atomic E-state index is -1.88. The number of nitrogens with zero attached hydrogens (tertiary/aromatic N) is 2. The first-order valence-electron chi connectivity index (χ1n) is 17.1. The fourth-order valence-corrected chi connectivity index (χ4v) is 7.94. The fraction of sp³-hybridized carbons (Fsp3) is 0.588. The van der Waals surface area contributed by atoms with Gasteiger partial charge in [-0.15, -0.1) is 22.7 Å². The van der Waals surface area contributed by atoms with Gasteiger partial charge in [-0.25, -0.2) is 51.1 Å². The molecule has 4 rings (SSSR count). The Labute approximate surface area is 314 Å². The van der Waals surface area contributed by atoms with Gasteiger partial charge in [0.25, 0.3) is 17.6 Å². The number of rotatable bonds is 25. The lowest BCUT2D eigenvalue weighted by Crippen LogP contribution is -2.38. The molecule has 2 amide bonds. The second-order valence-electron chi connectivity index (χ2n) is 13.6. The highest BCUT2D eigenvalue weighted by Crippen LogP contribution is 2.49. The molecule has 0 aliphatic carbocycles. The Morgan fingerprint density at radius 1 is 0.660 bits per heavy atom. The van der Waals surface area contributed by atoms with Crippen LogP contribution in [-0.2, 0) is 43.7 Å². The zero-order valence-electron chi connectivity index (χ0n) is 30.0. The first-order chi connectivity index (χ1) is 25.4. The molecule has 0 saturated carbocycles. The molecule has 2 aliphatic rings. The smallest absolute Gasteiger partial charge is 0.261 e. The summed E-state index contributed by atoms with van der Waals surface area (Å²) in [7, 11) is 0. The van der Waals surface area contributed by atoms with Crippen LogP contribution >= 0.6 is 22.7 Å². The summed E-state index contributed by atoms with van der Waals surface area (Å²) in [5, 5.41) is 58.9. The van der Waals surface area contributed by atoms with Gasteiger partial charge in [-0.2, -0.15) is 9.78 Å². The van der Waals surface area contributed by atoms with Gasteiger partial charge in [-0.3, -0.25) is 9.59 Å². The van der Waals surface area contributed by atoms with Crippen LogP contribution in [-0.4, -0.2) is 96.8 Å². The Balaban J connectivity index is 1.69. The molecule has 0 saturated heterocycles. The van der Waals surface area contributed by atoms with Gasteiger partial charge in [0.1, 0.15) is 6.61 Å². The van der Waals surface area contributed by atoms with Gasteiger partial charge in [-0.05, 0) is 75.3 Å². The van der Waals surface area contributed by atoms with Crippen LogP contribution < -0.4 is 0 Å². The molecule has 2 atom stereocenters. The molecule has 4 heterocycles. The van der Waals surface area contributed by atoms with Gasteiger partial charge in [0.05, 0.1) is 38.9 Å². The van der Waals surface area contributed by atoms with E-state index >= 15 is 0 Å². The number of hydrogen-bond acceptors (Lipinski definition) is 17. The van der Waals surface area contributed by atoms with Gasteiger partial charge >= 0.3 is 0 Å². The third kappa shape index (κ3) is 10.1. The number of ether oxygens (including phenoxy) is 1. The summed E-state index contributed by atoms with van der Waals surface area (Å²) in [6.07, 6.45) is 2.74. The van der Waals surface area contributed by atoms with Crippen LogP contribution in [0.2, 0.25) is 0 Å². The second kappa shape index (κ2) is 19.2. The van der Waals surface area contributed by atoms with E-state index in [0.717, 1.165) is 4.88 Å². The predicted octanol–water partition coefficient (Wildman–Crippen LogP) is 6.70. The largest absolute Gasteiger partial charge is 0.375 e. The average molecular weight is 789 g/mol. The van der Waals surface area contributed by atoms with E-state index in [-0.39, 0.29) is 61.5 Å². The van der Waals surface area contributed by atoms with E-state index < -0.39 is 23.3 Å². The van der Waals surface area contributed by atoms with Gasteiger partial charge in [0.15, 0.2) is 0 Å². The molecule has 296 valence electrons. The lowest BCUT2D eigenvalue weighted by molar-refractivity contribution is -0.487. The summed E-state index contributed by atoms with van der Waals surface area (Å²) in [6.45, 7) is 5.97. The van der Waals surface area contributed by atoms with Gasteiger partial charge in [0.2, 0.25) is 11.6 Å². The van der Waals surface area contributed by atoms with Crippen molar-refractivity contribution in [3.8, 4) is 0 Å². The minimum absolute atomic E-state index is 0.0125. The van der Waals surface area contributed by atoms with Crippen LogP contribution in [0, 0.1) is 11.8 Å². The number of fused-ring (bicyclic) bond motifs is 1. The third-order valence-electron chi connectivity index (χ3n) is 9.51. The molecular formula is C34H48N2O15S2. The minimum Gasteiger partial charge on any atom is -0.375 e. The van der Waals surface area contributed by atoms with Crippen LogP contribution in [0.25, 0.3) is 11.4 Å². The predicted molar refractivity (Wildman–Crippen MR) is 189 cm³/mol. The molecule has 0 fully saturated rings. The Bertz CT molecular complexity index is 1510. The molecule has 0 aromatic carbocycles. The van der Waals surface area contributed by atoms with E-state index in [9.17, 15) is 30.6 Å². The molecule has 19 heteroatoms. The van der Waals surface area contributed by atoms with Gasteiger partial charge in [0, 0.05) is 31.8 Å². The van der Waals surface area contributed by atoms with Crippen molar-refractivity contribution in [3.05, 3.63) is 55.9 Å². The number of hydrogen-bond donors (Lipinski definition) is 6. The summed E-state index contributed by atoms with van der Waals surface area (Å²) in [5.74, 6) is -6.30. The second-order valence-corrected chi connectivity index (χ2v) is 15.5. The highest BCUT2D eigenvalue weighted by molar-refractivity contribution is 7.11. The van der Waals surface area contributed by atoms with Gasteiger partial charge in [-0.1, -0.05) is 25.5 Å². The lowest BCUT2D eigenvalue weighted by Gasteiger charge is -2.30. The summed E-state index contributed by atoms with van der Waals surface area (Å²) in [5.41, 5.74) is 1.55. The Morgan fingerprint density at radius 2 is 1.08 bits per heavy atom. The first kappa shape index (κ1) is 43.0. The van der Waals surface area contributed by atoms with Crippen LogP contribution in [0.15, 0.2) is 46.2 Å². The van der Waals surface area contributed by atoms with Crippen molar-refractivity contribution < 1.29 is 75.2 Å². The SMILES string of the molecule is CCC(CCCC(C)(OO)OO)CN1C(=O)C2=C(c3cccs3)N(CC(CCCC(C)(OO)OO)COCC(C)(OO)OO)C(=O)C2=C1c1cccs1. The maximum Gasteiger partial charge on any atom is 0.261 e. The highest BCUT2D eigenvalue weighted by atomic mass is 32.1. The van der Waals surface area contributed by atoms with Crippen molar-refractivity contribution in [1.29, 1.82) is 0 Å². The Kier molecular flexibility index (Phi) is 15.6. The molecule has 2 aromatic heterocycles. The van der Waals surface area contributed by atoms with Gasteiger partial charge < -0.3 is 14.5 Å². The zero-order valence-corrected chi connectivity index (χ0v) is 31.6. The lowest BCUT2D eigenvalue weighted by atomic mass is 9.96. The van der Waals surface area contributed by atoms with Crippen molar-refractivity contribution >= 4 is 45.9 Å². The summed E-state index contributed by atoms with van der Waals surface area (Å²) in [6, 6.07) is 7.39. The molecule has 0 bridgehead atoms. The van der Waals surface area contributed by atoms with E-state index in [0.29, 0.717) is 54.9 Å². The van der Waals surface area contributed by atoms with Crippen molar-refractivity contribution in [2.45, 2.75) is 90.0 Å². The number of carbonyl (C=O) groups excluding carboxylic acids is 2. The van der Waals surface area contributed by atoms with E-state index in [1.807, 2.05) is 41.9 Å². The summed E-state index contributed by atoms with van der Waals surface area (Å²) in [4.78, 5) is 59.6. The molecule has 17 nitrogen and oxygen atoms in total. The fourth-order valence-electron chi connectivity index (χ4n) is 6.37. The van der Waals surface area contributed by atoms with E-state index in [4.69, 9.17) is 15.3 Å². The number of carbonyl (C=O) groups is 2. The van der Waals surface area contributed by atoms with Crippen molar-refractivity contribution in [3.63, 3.8) is 0 Å². The van der Waals surface area contributed by atoms with E-state index in [1.54, 1.807) is 9.80 Å². The van der Waals surface area contributed by atoms with E-state index in [2.05, 4.69) is 29.3 Å². The number of amides is 2. The maximum absolute atomic E-state index is 14.7. The summed E-state index contributed by atoms with van der Waals surface area (Å²) < 4.78 is 5.77. The van der Waals surface area contributed by atoms with Crippen LogP contribution in [0.4, 0.5) is 0 Å². The zero-order chi connectivity index (χ0) is 38.8. The molecule has 0 spiro atoms. The third-order valence-corrected chi connectivity index (χ3v) is 11.3. The molecular weight excluding hydrogens is 741 g/mol. The Morgan fingerprint density at radius 3 is 1.45 bits per heavy atom. The van der Waals surface area contributed by atoms with Crippen LogP contribution in [0.5, 0.6) is 0 Å². The normalized spacial score (nSPS) is 16.8. The first-order valence-corrected chi connectivity index (χ1v) is 18.8. The van der Waals surface area contributed by atoms with Crippen molar-refractivity contribution in [2.24, 2.45) is 11.8 Å². The summed E-state index contributed by atoms with van der Waals surface area (Å²) >= 11 is 2.79. The molecule has 53 heavy (non-hydrogen) atoms. The molecule has 2 aliphatic heterocycles. The van der Waals surface area contributed by atoms with Crippen molar-refractivity contribution in [1.82, 2.24) is 9.80 Å². The number of thiophene rings is 2. The molecule has 2 unspecified atom stereocenters. The average Bonchev–Trinajstić information content (AvgIpc) is 3.99. The monoisotopic (exact) mass is 788 g/mol. The van der Waals surface area contributed by atoms with Crippen molar-refractivity contribution in [2.75, 3.05) is 26.3 Å². The maximum atomic E-state index is 14.7. The molecule has 0 radical (unpaired) electrons.